The van der Waals surface area contributed by atoms with Crippen LogP contribution in [0, 0.1) is 17.4 Å². The Morgan fingerprint density at radius 1 is 1.11 bits per heavy atom. The lowest BCUT2D eigenvalue weighted by Crippen LogP contribution is -2.16. The van der Waals surface area contributed by atoms with Crippen molar-refractivity contribution in [2.45, 2.75) is 13.8 Å². The summed E-state index contributed by atoms with van der Waals surface area (Å²) in [6, 6.07) is 19.6. The van der Waals surface area contributed by atoms with Crippen LogP contribution in [-0.2, 0) is 0 Å². The molecule has 140 valence electrons. The standard InChI is InChI=1S/C22H18IN3O2/c1-14-10-17(15(2)26(14)19-8-5-7-18(23)12-19)13-24-25-22(27)21-11-16-6-3-4-9-20(16)28-21/h3-13H,1-2H3,(H,25,27)/b24-13+. The van der Waals surface area contributed by atoms with Gasteiger partial charge in [0.25, 0.3) is 0 Å². The molecule has 4 rings (SSSR count). The first kappa shape index (κ1) is 18.5. The second-order valence-corrected chi connectivity index (χ2v) is 7.73. The molecule has 0 atom stereocenters. The Kier molecular flexibility index (Phi) is 5.04. The highest BCUT2D eigenvalue weighted by Gasteiger charge is 2.12. The number of benzene rings is 2. The molecule has 28 heavy (non-hydrogen) atoms. The lowest BCUT2D eigenvalue weighted by Gasteiger charge is -2.09. The molecule has 0 unspecified atom stereocenters. The summed E-state index contributed by atoms with van der Waals surface area (Å²) in [7, 11) is 0. The molecule has 0 aliphatic heterocycles. The van der Waals surface area contributed by atoms with E-state index in [-0.39, 0.29) is 11.7 Å². The molecule has 0 bridgehead atoms. The van der Waals surface area contributed by atoms with Crippen LogP contribution in [0.4, 0.5) is 0 Å². The summed E-state index contributed by atoms with van der Waals surface area (Å²) < 4.78 is 8.91. The minimum absolute atomic E-state index is 0.239. The van der Waals surface area contributed by atoms with E-state index in [9.17, 15) is 4.79 Å². The van der Waals surface area contributed by atoms with Gasteiger partial charge in [-0.2, -0.15) is 5.10 Å². The van der Waals surface area contributed by atoms with Crippen LogP contribution in [0.2, 0.25) is 0 Å². The van der Waals surface area contributed by atoms with E-state index in [1.807, 2.05) is 43.3 Å². The van der Waals surface area contributed by atoms with E-state index in [0.29, 0.717) is 5.58 Å². The second kappa shape index (κ2) is 7.63. The molecule has 1 amide bonds. The quantitative estimate of drug-likeness (QED) is 0.246. The van der Waals surface area contributed by atoms with Crippen molar-refractivity contribution in [1.29, 1.82) is 0 Å². The van der Waals surface area contributed by atoms with Gasteiger partial charge in [0.15, 0.2) is 5.76 Å². The Morgan fingerprint density at radius 3 is 2.71 bits per heavy atom. The number of aromatic nitrogens is 1. The smallest absolute Gasteiger partial charge is 0.307 e. The zero-order valence-electron chi connectivity index (χ0n) is 15.4. The first-order chi connectivity index (χ1) is 13.5. The summed E-state index contributed by atoms with van der Waals surface area (Å²) in [6.07, 6.45) is 1.66. The van der Waals surface area contributed by atoms with Gasteiger partial charge in [0.2, 0.25) is 0 Å². The van der Waals surface area contributed by atoms with Crippen molar-refractivity contribution in [3.63, 3.8) is 0 Å². The highest BCUT2D eigenvalue weighted by atomic mass is 127. The van der Waals surface area contributed by atoms with Crippen LogP contribution in [-0.4, -0.2) is 16.7 Å². The molecular weight excluding hydrogens is 465 g/mol. The normalized spacial score (nSPS) is 11.4. The number of hydrogen-bond donors (Lipinski definition) is 1. The van der Waals surface area contributed by atoms with Crippen LogP contribution >= 0.6 is 22.6 Å². The van der Waals surface area contributed by atoms with Crippen LogP contribution in [0.5, 0.6) is 0 Å². The number of rotatable bonds is 4. The van der Waals surface area contributed by atoms with Crippen molar-refractivity contribution in [2.24, 2.45) is 5.10 Å². The maximum atomic E-state index is 12.3. The van der Waals surface area contributed by atoms with Gasteiger partial charge < -0.3 is 8.98 Å². The minimum Gasteiger partial charge on any atom is -0.451 e. The van der Waals surface area contributed by atoms with Gasteiger partial charge in [-0.1, -0.05) is 24.3 Å². The Labute approximate surface area is 176 Å². The molecule has 0 saturated carbocycles. The Hall–Kier alpha value is -2.87. The minimum atomic E-state index is -0.376. The van der Waals surface area contributed by atoms with Gasteiger partial charge in [-0.15, -0.1) is 0 Å². The SMILES string of the molecule is Cc1cc(/C=N/NC(=O)c2cc3ccccc3o2)c(C)n1-c1cccc(I)c1. The number of para-hydroxylation sites is 1. The summed E-state index contributed by atoms with van der Waals surface area (Å²) in [4.78, 5) is 12.3. The van der Waals surface area contributed by atoms with E-state index in [1.165, 1.54) is 3.57 Å². The number of nitrogens with zero attached hydrogens (tertiary/aromatic N) is 2. The molecule has 4 aromatic rings. The number of carbonyl (C=O) groups is 1. The van der Waals surface area contributed by atoms with Crippen LogP contribution in [0.15, 0.2) is 70.2 Å². The lowest BCUT2D eigenvalue weighted by molar-refractivity contribution is 0.0929. The predicted molar refractivity (Wildman–Crippen MR) is 119 cm³/mol. The molecule has 0 fully saturated rings. The van der Waals surface area contributed by atoms with Crippen molar-refractivity contribution in [1.82, 2.24) is 9.99 Å². The fourth-order valence-corrected chi connectivity index (χ4v) is 3.77. The van der Waals surface area contributed by atoms with Crippen LogP contribution in [0.25, 0.3) is 16.7 Å². The van der Waals surface area contributed by atoms with Crippen molar-refractivity contribution in [2.75, 3.05) is 0 Å². The van der Waals surface area contributed by atoms with Gasteiger partial charge in [-0.3, -0.25) is 4.79 Å². The van der Waals surface area contributed by atoms with Gasteiger partial charge in [-0.25, -0.2) is 5.43 Å². The third-order valence-electron chi connectivity index (χ3n) is 4.56. The van der Waals surface area contributed by atoms with Crippen molar-refractivity contribution < 1.29 is 9.21 Å². The molecule has 5 nitrogen and oxygen atoms in total. The number of nitrogens with one attached hydrogen (secondary N) is 1. The van der Waals surface area contributed by atoms with Gasteiger partial charge in [0, 0.05) is 31.6 Å². The molecule has 2 aromatic heterocycles. The first-order valence-electron chi connectivity index (χ1n) is 8.80. The maximum Gasteiger partial charge on any atom is 0.307 e. The maximum absolute atomic E-state index is 12.3. The first-order valence-corrected chi connectivity index (χ1v) is 9.87. The van der Waals surface area contributed by atoms with E-state index in [2.05, 4.69) is 62.8 Å². The largest absolute Gasteiger partial charge is 0.451 e. The number of carbonyl (C=O) groups excluding carboxylic acids is 1. The van der Waals surface area contributed by atoms with E-state index in [4.69, 9.17) is 4.42 Å². The van der Waals surface area contributed by atoms with Gasteiger partial charge in [0.1, 0.15) is 5.58 Å². The molecule has 1 N–H and O–H groups in total. The Balaban J connectivity index is 1.53. The number of hydrazone groups is 1. The highest BCUT2D eigenvalue weighted by molar-refractivity contribution is 14.1. The van der Waals surface area contributed by atoms with Crippen LogP contribution in [0.1, 0.15) is 27.5 Å². The number of halogens is 1. The summed E-state index contributed by atoms with van der Waals surface area (Å²) in [5, 5.41) is 5.00. The number of hydrogen-bond acceptors (Lipinski definition) is 3. The van der Waals surface area contributed by atoms with Gasteiger partial charge >= 0.3 is 5.91 Å². The fourth-order valence-electron chi connectivity index (χ4n) is 3.24. The van der Waals surface area contributed by atoms with Crippen LogP contribution < -0.4 is 5.43 Å². The van der Waals surface area contributed by atoms with Crippen molar-refractivity contribution in [3.05, 3.63) is 86.9 Å². The zero-order chi connectivity index (χ0) is 19.7. The van der Waals surface area contributed by atoms with Gasteiger partial charge in [0.05, 0.1) is 6.21 Å². The molecular formula is C22H18IN3O2. The number of furan rings is 1. The molecule has 2 aromatic carbocycles. The van der Waals surface area contributed by atoms with Crippen molar-refractivity contribution >= 4 is 45.7 Å². The average Bonchev–Trinajstić information content (AvgIpc) is 3.22. The third kappa shape index (κ3) is 3.60. The van der Waals surface area contributed by atoms with E-state index in [1.54, 1.807) is 12.3 Å². The Morgan fingerprint density at radius 2 is 1.93 bits per heavy atom. The Bertz CT molecular complexity index is 1170. The molecule has 0 saturated heterocycles. The van der Waals surface area contributed by atoms with E-state index < -0.39 is 0 Å². The van der Waals surface area contributed by atoms with Gasteiger partial charge in [-0.05, 0) is 72.8 Å². The predicted octanol–water partition coefficient (Wildman–Crippen LogP) is 5.21. The fraction of sp³-hybridized carbons (Fsp3) is 0.0909. The van der Waals surface area contributed by atoms with Crippen molar-refractivity contribution in [3.8, 4) is 5.69 Å². The summed E-state index contributed by atoms with van der Waals surface area (Å²) >= 11 is 2.31. The number of amides is 1. The average molecular weight is 483 g/mol. The highest BCUT2D eigenvalue weighted by Crippen LogP contribution is 2.21. The molecule has 0 radical (unpaired) electrons. The molecule has 0 spiro atoms. The monoisotopic (exact) mass is 483 g/mol. The third-order valence-corrected chi connectivity index (χ3v) is 5.23. The molecule has 2 heterocycles. The molecule has 0 aliphatic rings. The second-order valence-electron chi connectivity index (χ2n) is 6.49. The topological polar surface area (TPSA) is 59.5 Å². The van der Waals surface area contributed by atoms with E-state index >= 15 is 0 Å². The summed E-state index contributed by atoms with van der Waals surface area (Å²) in [5.74, 6) is -0.137. The van der Waals surface area contributed by atoms with E-state index in [0.717, 1.165) is 28.0 Å². The zero-order valence-corrected chi connectivity index (χ0v) is 17.6. The summed E-state index contributed by atoms with van der Waals surface area (Å²) in [5.41, 5.74) is 7.43. The molecule has 0 aliphatic carbocycles. The molecule has 6 heteroatoms. The number of fused-ring (bicyclic) bond motifs is 1. The lowest BCUT2D eigenvalue weighted by atomic mass is 10.2. The van der Waals surface area contributed by atoms with Crippen LogP contribution in [0.3, 0.4) is 0 Å². The number of aryl methyl sites for hydroxylation is 1. The summed E-state index contributed by atoms with van der Waals surface area (Å²) in [6.45, 7) is 4.09.